The van der Waals surface area contributed by atoms with Gasteiger partial charge >= 0.3 is 6.09 Å². The summed E-state index contributed by atoms with van der Waals surface area (Å²) in [6, 6.07) is 9.12. The van der Waals surface area contributed by atoms with Crippen molar-refractivity contribution in [2.45, 2.75) is 25.3 Å². The molecule has 7 heteroatoms. The fourth-order valence-corrected chi connectivity index (χ4v) is 3.19. The Hall–Kier alpha value is -2.83. The van der Waals surface area contributed by atoms with E-state index in [0.717, 1.165) is 23.7 Å². The van der Waals surface area contributed by atoms with Crippen LogP contribution in [0.25, 0.3) is 10.9 Å². The third kappa shape index (κ3) is 4.04. The van der Waals surface area contributed by atoms with Gasteiger partial charge in [0.05, 0.1) is 13.7 Å². The van der Waals surface area contributed by atoms with Gasteiger partial charge in [-0.15, -0.1) is 0 Å². The van der Waals surface area contributed by atoms with Gasteiger partial charge in [0.1, 0.15) is 23.9 Å². The highest BCUT2D eigenvalue weighted by Crippen LogP contribution is 2.22. The van der Waals surface area contributed by atoms with Crippen LogP contribution in [0.5, 0.6) is 5.75 Å². The van der Waals surface area contributed by atoms with Crippen molar-refractivity contribution in [3.05, 3.63) is 36.5 Å². The average molecular weight is 357 g/mol. The van der Waals surface area contributed by atoms with Crippen LogP contribution in [0.2, 0.25) is 0 Å². The fourth-order valence-electron chi connectivity index (χ4n) is 3.19. The molecule has 1 aliphatic heterocycles. The third-order valence-corrected chi connectivity index (χ3v) is 4.47. The predicted octanol–water partition coefficient (Wildman–Crippen LogP) is 2.35. The van der Waals surface area contributed by atoms with Gasteiger partial charge in [0.15, 0.2) is 0 Å². The molecule has 3 rings (SSSR count). The van der Waals surface area contributed by atoms with E-state index in [-0.39, 0.29) is 5.91 Å². The lowest BCUT2D eigenvalue weighted by atomic mass is 10.0. The van der Waals surface area contributed by atoms with Crippen LogP contribution in [0.15, 0.2) is 36.5 Å². The SMILES string of the molecule is COC(=O)N1CCCC[C@@H]1C(=O)NCCOc1cccc2cccnc12. The number of likely N-dealkylation sites (tertiary alicyclic amines) is 1. The van der Waals surface area contributed by atoms with Crippen LogP contribution in [-0.2, 0) is 9.53 Å². The second kappa shape index (κ2) is 8.51. The number of benzene rings is 1. The molecule has 0 unspecified atom stereocenters. The van der Waals surface area contributed by atoms with Crippen LogP contribution >= 0.6 is 0 Å². The van der Waals surface area contributed by atoms with Crippen LogP contribution in [-0.4, -0.2) is 54.7 Å². The largest absolute Gasteiger partial charge is 0.489 e. The smallest absolute Gasteiger partial charge is 0.410 e. The predicted molar refractivity (Wildman–Crippen MR) is 97.0 cm³/mol. The minimum atomic E-state index is -0.476. The maximum Gasteiger partial charge on any atom is 0.410 e. The zero-order valence-electron chi connectivity index (χ0n) is 14.8. The number of para-hydroxylation sites is 1. The Morgan fingerprint density at radius 3 is 2.96 bits per heavy atom. The summed E-state index contributed by atoms with van der Waals surface area (Å²) >= 11 is 0. The molecular formula is C19H23N3O4. The number of nitrogens with one attached hydrogen (secondary N) is 1. The normalized spacial score (nSPS) is 17.0. The van der Waals surface area contributed by atoms with Gasteiger partial charge in [-0.1, -0.05) is 18.2 Å². The molecule has 138 valence electrons. The van der Waals surface area contributed by atoms with E-state index < -0.39 is 12.1 Å². The Bertz CT molecular complexity index is 775. The van der Waals surface area contributed by atoms with Gasteiger partial charge in [-0.2, -0.15) is 0 Å². The number of rotatable bonds is 5. The number of carbonyl (C=O) groups excluding carboxylic acids is 2. The van der Waals surface area contributed by atoms with Crippen molar-refractivity contribution in [3.8, 4) is 5.75 Å². The molecule has 0 spiro atoms. The highest BCUT2D eigenvalue weighted by Gasteiger charge is 2.32. The van der Waals surface area contributed by atoms with Crippen molar-refractivity contribution < 1.29 is 19.1 Å². The molecule has 0 bridgehead atoms. The van der Waals surface area contributed by atoms with Crippen molar-refractivity contribution in [2.75, 3.05) is 26.8 Å². The monoisotopic (exact) mass is 357 g/mol. The van der Waals surface area contributed by atoms with E-state index in [2.05, 4.69) is 10.3 Å². The molecule has 2 amide bonds. The van der Waals surface area contributed by atoms with Crippen LogP contribution < -0.4 is 10.1 Å². The molecule has 1 aromatic heterocycles. The number of ether oxygens (including phenoxy) is 2. The Balaban J connectivity index is 1.52. The summed E-state index contributed by atoms with van der Waals surface area (Å²) in [5.41, 5.74) is 0.797. The van der Waals surface area contributed by atoms with Crippen LogP contribution in [0.1, 0.15) is 19.3 Å². The number of methoxy groups -OCH3 is 1. The molecule has 7 nitrogen and oxygen atoms in total. The highest BCUT2D eigenvalue weighted by atomic mass is 16.5. The number of fused-ring (bicyclic) bond motifs is 1. The lowest BCUT2D eigenvalue weighted by Crippen LogP contribution is -2.52. The average Bonchev–Trinajstić information content (AvgIpc) is 2.70. The van der Waals surface area contributed by atoms with Gasteiger partial charge in [0, 0.05) is 18.1 Å². The summed E-state index contributed by atoms with van der Waals surface area (Å²) in [5.74, 6) is 0.515. The summed E-state index contributed by atoms with van der Waals surface area (Å²) in [6.45, 7) is 1.23. The standard InChI is InChI=1S/C19H23N3O4/c1-25-19(24)22-12-3-2-8-15(22)18(23)21-11-13-26-16-9-4-6-14-7-5-10-20-17(14)16/h4-7,9-10,15H,2-3,8,11-13H2,1H3,(H,21,23)/t15-/m1/s1. The molecule has 1 fully saturated rings. The van der Waals surface area contributed by atoms with Gasteiger partial charge in [-0.3, -0.25) is 14.7 Å². The number of hydrogen-bond acceptors (Lipinski definition) is 5. The van der Waals surface area contributed by atoms with E-state index >= 15 is 0 Å². The summed E-state index contributed by atoms with van der Waals surface area (Å²) in [6.07, 6.45) is 3.72. The summed E-state index contributed by atoms with van der Waals surface area (Å²) in [5, 5.41) is 3.85. The number of piperidine rings is 1. The quantitative estimate of drug-likeness (QED) is 0.831. The number of amides is 2. The molecule has 1 saturated heterocycles. The first-order chi connectivity index (χ1) is 12.7. The topological polar surface area (TPSA) is 80.8 Å². The molecule has 1 N–H and O–H groups in total. The Labute approximate surface area is 152 Å². The molecular weight excluding hydrogens is 334 g/mol. The number of pyridine rings is 1. The zero-order valence-corrected chi connectivity index (χ0v) is 14.8. The summed E-state index contributed by atoms with van der Waals surface area (Å²) < 4.78 is 10.5. The van der Waals surface area contributed by atoms with Crippen LogP contribution in [0, 0.1) is 0 Å². The third-order valence-electron chi connectivity index (χ3n) is 4.47. The van der Waals surface area contributed by atoms with E-state index in [1.807, 2.05) is 30.3 Å². The fraction of sp³-hybridized carbons (Fsp3) is 0.421. The second-order valence-electron chi connectivity index (χ2n) is 6.15. The van der Waals surface area contributed by atoms with Crippen LogP contribution in [0.3, 0.4) is 0 Å². The van der Waals surface area contributed by atoms with E-state index in [0.29, 0.717) is 31.9 Å². The second-order valence-corrected chi connectivity index (χ2v) is 6.15. The molecule has 1 aliphatic rings. The molecule has 0 saturated carbocycles. The number of aromatic nitrogens is 1. The maximum atomic E-state index is 12.4. The molecule has 1 atom stereocenters. The molecule has 0 aliphatic carbocycles. The van der Waals surface area contributed by atoms with Crippen molar-refractivity contribution in [1.29, 1.82) is 0 Å². The van der Waals surface area contributed by atoms with Crippen molar-refractivity contribution in [3.63, 3.8) is 0 Å². The maximum absolute atomic E-state index is 12.4. The van der Waals surface area contributed by atoms with Gasteiger partial charge in [-0.25, -0.2) is 4.79 Å². The van der Waals surface area contributed by atoms with E-state index in [4.69, 9.17) is 9.47 Å². The summed E-state index contributed by atoms with van der Waals surface area (Å²) in [4.78, 5) is 30.1. The van der Waals surface area contributed by atoms with E-state index in [9.17, 15) is 9.59 Å². The Morgan fingerprint density at radius 1 is 1.27 bits per heavy atom. The molecule has 1 aromatic carbocycles. The first-order valence-corrected chi connectivity index (χ1v) is 8.79. The zero-order chi connectivity index (χ0) is 18.4. The number of nitrogens with zero attached hydrogens (tertiary/aromatic N) is 2. The minimum absolute atomic E-state index is 0.172. The van der Waals surface area contributed by atoms with Gasteiger partial charge in [-0.05, 0) is 31.4 Å². The van der Waals surface area contributed by atoms with Crippen LogP contribution in [0.4, 0.5) is 4.79 Å². The molecule has 0 radical (unpaired) electrons. The van der Waals surface area contributed by atoms with Gasteiger partial charge in [0.2, 0.25) is 5.91 Å². The lowest BCUT2D eigenvalue weighted by Gasteiger charge is -2.33. The molecule has 2 heterocycles. The first kappa shape index (κ1) is 18.0. The van der Waals surface area contributed by atoms with Crippen molar-refractivity contribution in [2.24, 2.45) is 0 Å². The molecule has 2 aromatic rings. The summed E-state index contributed by atoms with van der Waals surface area (Å²) in [7, 11) is 1.33. The highest BCUT2D eigenvalue weighted by molar-refractivity contribution is 5.86. The van der Waals surface area contributed by atoms with E-state index in [1.165, 1.54) is 12.0 Å². The van der Waals surface area contributed by atoms with Gasteiger partial charge in [0.25, 0.3) is 0 Å². The van der Waals surface area contributed by atoms with Gasteiger partial charge < -0.3 is 14.8 Å². The molecule has 26 heavy (non-hydrogen) atoms. The van der Waals surface area contributed by atoms with Crippen molar-refractivity contribution >= 4 is 22.9 Å². The van der Waals surface area contributed by atoms with Crippen molar-refractivity contribution in [1.82, 2.24) is 15.2 Å². The first-order valence-electron chi connectivity index (χ1n) is 8.79. The van der Waals surface area contributed by atoms with E-state index in [1.54, 1.807) is 6.20 Å². The Morgan fingerprint density at radius 2 is 2.12 bits per heavy atom. The lowest BCUT2D eigenvalue weighted by molar-refractivity contribution is -0.127. The number of carbonyl (C=O) groups is 2. The Kier molecular flexibility index (Phi) is 5.88. The number of hydrogen-bond donors (Lipinski definition) is 1. The minimum Gasteiger partial charge on any atom is -0.489 e.